The van der Waals surface area contributed by atoms with E-state index in [1.165, 1.54) is 0 Å². The second kappa shape index (κ2) is 8.34. The summed E-state index contributed by atoms with van der Waals surface area (Å²) in [6.07, 6.45) is 3.24. The summed E-state index contributed by atoms with van der Waals surface area (Å²) in [6, 6.07) is 15.8. The van der Waals surface area contributed by atoms with E-state index in [9.17, 15) is 4.79 Å². The fraction of sp³-hybridized carbons (Fsp3) is 0.360. The van der Waals surface area contributed by atoms with E-state index < -0.39 is 0 Å². The van der Waals surface area contributed by atoms with Crippen molar-refractivity contribution >= 4 is 16.8 Å². The van der Waals surface area contributed by atoms with E-state index in [0.29, 0.717) is 22.8 Å². The second-order valence-electron chi connectivity index (χ2n) is 7.98. The van der Waals surface area contributed by atoms with Crippen LogP contribution in [0.15, 0.2) is 48.5 Å². The number of carbonyl (C=O) groups is 1. The third kappa shape index (κ3) is 3.60. The van der Waals surface area contributed by atoms with Gasteiger partial charge in [0.15, 0.2) is 0 Å². The van der Waals surface area contributed by atoms with Crippen molar-refractivity contribution in [3.8, 4) is 22.8 Å². The van der Waals surface area contributed by atoms with Gasteiger partial charge in [0, 0.05) is 29.1 Å². The molecule has 0 radical (unpaired) electrons. The molecule has 0 N–H and O–H groups in total. The smallest absolute Gasteiger partial charge is 0.255 e. The summed E-state index contributed by atoms with van der Waals surface area (Å²) in [4.78, 5) is 20.6. The minimum absolute atomic E-state index is 0.0713. The zero-order valence-electron chi connectivity index (χ0n) is 18.0. The van der Waals surface area contributed by atoms with Crippen LogP contribution >= 0.6 is 0 Å². The molecule has 0 spiro atoms. The first kappa shape index (κ1) is 20.2. The first-order chi connectivity index (χ1) is 14.5. The summed E-state index contributed by atoms with van der Waals surface area (Å²) < 4.78 is 10.9. The number of amides is 1. The van der Waals surface area contributed by atoms with Crippen LogP contribution in [0.4, 0.5) is 0 Å². The summed E-state index contributed by atoms with van der Waals surface area (Å²) in [6.45, 7) is 4.29. The predicted molar refractivity (Wildman–Crippen MR) is 119 cm³/mol. The number of carbonyl (C=O) groups excluding carboxylic acids is 1. The number of likely N-dealkylation sites (tertiary alicyclic amines) is 1. The molecule has 5 heteroatoms. The monoisotopic (exact) mass is 404 g/mol. The Hall–Kier alpha value is -3.08. The van der Waals surface area contributed by atoms with Crippen LogP contribution in [0.5, 0.6) is 11.5 Å². The number of fused-ring (bicyclic) bond motifs is 1. The molecule has 2 aromatic carbocycles. The highest BCUT2D eigenvalue weighted by Gasteiger charge is 2.31. The molecule has 1 aliphatic rings. The van der Waals surface area contributed by atoms with Gasteiger partial charge >= 0.3 is 0 Å². The van der Waals surface area contributed by atoms with Crippen LogP contribution in [0.3, 0.4) is 0 Å². The van der Waals surface area contributed by atoms with Crippen LogP contribution in [0.2, 0.25) is 0 Å². The van der Waals surface area contributed by atoms with Gasteiger partial charge in [-0.2, -0.15) is 0 Å². The highest BCUT2D eigenvalue weighted by atomic mass is 16.5. The van der Waals surface area contributed by atoms with Crippen LogP contribution in [-0.4, -0.2) is 42.1 Å². The molecule has 1 aromatic heterocycles. The molecule has 1 fully saturated rings. The quantitative estimate of drug-likeness (QED) is 0.590. The standard InChI is InChI=1S/C25H28N2O3/c1-16-8-7-9-17(2)27(16)25(28)21-15-23(26-22-11-6-5-10-19(21)22)20-13-12-18(29-3)14-24(20)30-4/h5-6,10-17H,7-9H2,1-4H3. The Morgan fingerprint density at radius 1 is 1.00 bits per heavy atom. The molecule has 30 heavy (non-hydrogen) atoms. The molecular formula is C25H28N2O3. The van der Waals surface area contributed by atoms with Crippen molar-refractivity contribution in [2.75, 3.05) is 14.2 Å². The van der Waals surface area contributed by atoms with Gasteiger partial charge in [0.25, 0.3) is 5.91 Å². The zero-order valence-corrected chi connectivity index (χ0v) is 18.0. The maximum absolute atomic E-state index is 13.7. The second-order valence-corrected chi connectivity index (χ2v) is 7.98. The molecule has 1 aliphatic heterocycles. The number of pyridine rings is 1. The number of hydrogen-bond acceptors (Lipinski definition) is 4. The molecule has 0 saturated carbocycles. The topological polar surface area (TPSA) is 51.7 Å². The number of methoxy groups -OCH3 is 2. The van der Waals surface area contributed by atoms with Crippen molar-refractivity contribution in [3.63, 3.8) is 0 Å². The molecule has 0 aliphatic carbocycles. The predicted octanol–water partition coefficient (Wildman–Crippen LogP) is 5.32. The summed E-state index contributed by atoms with van der Waals surface area (Å²) in [5.41, 5.74) is 3.04. The van der Waals surface area contributed by atoms with E-state index in [0.717, 1.165) is 35.7 Å². The lowest BCUT2D eigenvalue weighted by Crippen LogP contribution is -2.47. The minimum Gasteiger partial charge on any atom is -0.497 e. The number of piperidine rings is 1. The van der Waals surface area contributed by atoms with Gasteiger partial charge in [-0.3, -0.25) is 4.79 Å². The normalized spacial score (nSPS) is 19.0. The highest BCUT2D eigenvalue weighted by Crippen LogP contribution is 2.35. The maximum atomic E-state index is 13.7. The first-order valence-corrected chi connectivity index (χ1v) is 10.5. The Morgan fingerprint density at radius 2 is 1.73 bits per heavy atom. The largest absolute Gasteiger partial charge is 0.497 e. The highest BCUT2D eigenvalue weighted by molar-refractivity contribution is 6.07. The van der Waals surface area contributed by atoms with Crippen LogP contribution in [0.25, 0.3) is 22.2 Å². The van der Waals surface area contributed by atoms with E-state index in [1.54, 1.807) is 14.2 Å². The third-order valence-electron chi connectivity index (χ3n) is 6.06. The van der Waals surface area contributed by atoms with Crippen molar-refractivity contribution in [2.24, 2.45) is 0 Å². The van der Waals surface area contributed by atoms with Crippen molar-refractivity contribution < 1.29 is 14.3 Å². The molecule has 2 unspecified atom stereocenters. The van der Waals surface area contributed by atoms with Crippen LogP contribution in [-0.2, 0) is 0 Å². The van der Waals surface area contributed by atoms with Gasteiger partial charge in [-0.15, -0.1) is 0 Å². The third-order valence-corrected chi connectivity index (χ3v) is 6.06. The van der Waals surface area contributed by atoms with E-state index in [2.05, 4.69) is 13.8 Å². The average Bonchev–Trinajstić information content (AvgIpc) is 2.77. The molecule has 4 rings (SSSR count). The van der Waals surface area contributed by atoms with Gasteiger partial charge in [0.05, 0.1) is 31.0 Å². The molecule has 156 valence electrons. The number of aromatic nitrogens is 1. The summed E-state index contributed by atoms with van der Waals surface area (Å²) in [5, 5.41) is 0.878. The average molecular weight is 405 g/mol. The van der Waals surface area contributed by atoms with E-state index in [4.69, 9.17) is 14.5 Å². The van der Waals surface area contributed by atoms with Crippen molar-refractivity contribution in [1.82, 2.24) is 9.88 Å². The van der Waals surface area contributed by atoms with Crippen LogP contribution in [0.1, 0.15) is 43.5 Å². The van der Waals surface area contributed by atoms with Crippen LogP contribution < -0.4 is 9.47 Å². The van der Waals surface area contributed by atoms with E-state index >= 15 is 0 Å². The van der Waals surface area contributed by atoms with Crippen molar-refractivity contribution in [1.29, 1.82) is 0 Å². The lowest BCUT2D eigenvalue weighted by molar-refractivity contribution is 0.0513. The minimum atomic E-state index is 0.0713. The summed E-state index contributed by atoms with van der Waals surface area (Å²) in [5.74, 6) is 1.45. The Kier molecular flexibility index (Phi) is 5.62. The van der Waals surface area contributed by atoms with Crippen LogP contribution in [0, 0.1) is 0 Å². The summed E-state index contributed by atoms with van der Waals surface area (Å²) >= 11 is 0. The van der Waals surface area contributed by atoms with Crippen molar-refractivity contribution in [2.45, 2.75) is 45.2 Å². The van der Waals surface area contributed by atoms with E-state index in [-0.39, 0.29) is 18.0 Å². The lowest BCUT2D eigenvalue weighted by atomic mass is 9.95. The van der Waals surface area contributed by atoms with Gasteiger partial charge < -0.3 is 14.4 Å². The number of hydrogen-bond donors (Lipinski definition) is 0. The SMILES string of the molecule is COc1ccc(-c2cc(C(=O)N3C(C)CCCC3C)c3ccccc3n2)c(OC)c1. The zero-order chi connectivity index (χ0) is 21.3. The molecule has 3 aromatic rings. The number of benzene rings is 2. The summed E-state index contributed by atoms with van der Waals surface area (Å²) in [7, 11) is 3.25. The van der Waals surface area contributed by atoms with E-state index in [1.807, 2.05) is 53.4 Å². The Labute approximate surface area is 177 Å². The number of nitrogens with zero attached hydrogens (tertiary/aromatic N) is 2. The molecular weight excluding hydrogens is 376 g/mol. The first-order valence-electron chi connectivity index (χ1n) is 10.5. The van der Waals surface area contributed by atoms with Crippen molar-refractivity contribution in [3.05, 3.63) is 54.1 Å². The number of rotatable bonds is 4. The number of ether oxygens (including phenoxy) is 2. The Morgan fingerprint density at radius 3 is 2.43 bits per heavy atom. The molecule has 0 bridgehead atoms. The van der Waals surface area contributed by atoms with Gasteiger partial charge in [-0.05, 0) is 57.4 Å². The molecule has 2 heterocycles. The van der Waals surface area contributed by atoms with Gasteiger partial charge in [0.2, 0.25) is 0 Å². The fourth-order valence-electron chi connectivity index (χ4n) is 4.46. The Balaban J connectivity index is 1.88. The van der Waals surface area contributed by atoms with Gasteiger partial charge in [-0.1, -0.05) is 18.2 Å². The molecule has 2 atom stereocenters. The van der Waals surface area contributed by atoms with Gasteiger partial charge in [-0.25, -0.2) is 4.98 Å². The Bertz CT molecular complexity index is 1070. The maximum Gasteiger partial charge on any atom is 0.255 e. The molecule has 1 amide bonds. The molecule has 1 saturated heterocycles. The van der Waals surface area contributed by atoms with Gasteiger partial charge in [0.1, 0.15) is 11.5 Å². The lowest BCUT2D eigenvalue weighted by Gasteiger charge is -2.39. The number of para-hydroxylation sites is 1. The fourth-order valence-corrected chi connectivity index (χ4v) is 4.46. The molecule has 5 nitrogen and oxygen atoms in total.